The number of benzene rings is 1. The van der Waals surface area contributed by atoms with E-state index in [0.29, 0.717) is 23.0 Å². The van der Waals surface area contributed by atoms with Crippen molar-refractivity contribution in [2.75, 3.05) is 18.4 Å². The number of ketones is 1. The number of hydrogen-bond acceptors (Lipinski definition) is 5. The average molecular weight is 327 g/mol. The molecule has 0 unspecified atom stereocenters. The second-order valence-electron chi connectivity index (χ2n) is 6.03. The molecule has 1 aliphatic rings. The monoisotopic (exact) mass is 327 g/mol. The Morgan fingerprint density at radius 3 is 2.42 bits per heavy atom. The maximum absolute atomic E-state index is 12.3. The van der Waals surface area contributed by atoms with E-state index >= 15 is 0 Å². The number of carbonyl (C=O) groups is 2. The fraction of sp³-hybridized carbons (Fsp3) is 0.412. The molecule has 1 amide bonds. The second-order valence-corrected chi connectivity index (χ2v) is 6.03. The quantitative estimate of drug-likeness (QED) is 0.835. The van der Waals surface area contributed by atoms with Crippen LogP contribution in [0.1, 0.15) is 52.2 Å². The van der Waals surface area contributed by atoms with Crippen LogP contribution in [-0.2, 0) is 7.05 Å². The summed E-state index contributed by atoms with van der Waals surface area (Å²) in [6.45, 7) is 3.43. The van der Waals surface area contributed by atoms with E-state index in [-0.39, 0.29) is 11.7 Å². The van der Waals surface area contributed by atoms with Crippen LogP contribution in [0.5, 0.6) is 0 Å². The molecule has 24 heavy (non-hydrogen) atoms. The molecule has 1 fully saturated rings. The summed E-state index contributed by atoms with van der Waals surface area (Å²) in [5.41, 5.74) is 1.06. The van der Waals surface area contributed by atoms with Gasteiger partial charge in [0.05, 0.1) is 0 Å². The molecule has 126 valence electrons. The van der Waals surface area contributed by atoms with Gasteiger partial charge < -0.3 is 5.32 Å². The van der Waals surface area contributed by atoms with E-state index in [1.54, 1.807) is 36.0 Å². The number of anilines is 1. The lowest BCUT2D eigenvalue weighted by Gasteiger charge is -2.19. The van der Waals surface area contributed by atoms with Gasteiger partial charge in [-0.25, -0.2) is 4.68 Å². The summed E-state index contributed by atoms with van der Waals surface area (Å²) >= 11 is 0. The van der Waals surface area contributed by atoms with E-state index in [9.17, 15) is 9.59 Å². The van der Waals surface area contributed by atoms with Gasteiger partial charge in [0.25, 0.3) is 5.91 Å². The van der Waals surface area contributed by atoms with Gasteiger partial charge in [-0.15, -0.1) is 0 Å². The third-order valence-corrected chi connectivity index (χ3v) is 4.26. The number of nitrogens with zero attached hydrogens (tertiary/aromatic N) is 3. The topological polar surface area (TPSA) is 88.9 Å². The number of aromatic nitrogens is 3. The first kappa shape index (κ1) is 16.3. The van der Waals surface area contributed by atoms with Gasteiger partial charge in [0.2, 0.25) is 5.95 Å². The normalized spacial score (nSPS) is 15.2. The first-order valence-electron chi connectivity index (χ1n) is 8.08. The number of hydrogen-bond donors (Lipinski definition) is 2. The molecule has 1 saturated heterocycles. The van der Waals surface area contributed by atoms with Gasteiger partial charge in [-0.2, -0.15) is 10.1 Å². The van der Waals surface area contributed by atoms with Gasteiger partial charge in [-0.1, -0.05) is 12.1 Å². The van der Waals surface area contributed by atoms with E-state index in [1.807, 2.05) is 0 Å². The minimum atomic E-state index is -0.266. The summed E-state index contributed by atoms with van der Waals surface area (Å²) in [6.07, 6.45) is 2.01. The van der Waals surface area contributed by atoms with Crippen molar-refractivity contribution in [3.8, 4) is 0 Å². The van der Waals surface area contributed by atoms with E-state index < -0.39 is 0 Å². The smallest absolute Gasteiger partial charge is 0.258 e. The van der Waals surface area contributed by atoms with Crippen LogP contribution in [0, 0.1) is 0 Å². The molecule has 0 aliphatic carbocycles. The van der Waals surface area contributed by atoms with Gasteiger partial charge in [0.15, 0.2) is 11.6 Å². The third kappa shape index (κ3) is 3.51. The van der Waals surface area contributed by atoms with Crippen LogP contribution >= 0.6 is 0 Å². The Hall–Kier alpha value is -2.54. The Balaban J connectivity index is 1.72. The van der Waals surface area contributed by atoms with Crippen LogP contribution in [0.4, 0.5) is 5.95 Å². The lowest BCUT2D eigenvalue weighted by molar-refractivity contribution is 0.100. The van der Waals surface area contributed by atoms with Gasteiger partial charge >= 0.3 is 0 Å². The molecule has 3 rings (SSSR count). The number of carbonyl (C=O) groups excluding carboxylic acids is 2. The Bertz CT molecular complexity index is 745. The molecule has 2 aromatic rings. The fourth-order valence-electron chi connectivity index (χ4n) is 2.80. The highest BCUT2D eigenvalue weighted by Crippen LogP contribution is 2.23. The van der Waals surface area contributed by atoms with Crippen molar-refractivity contribution in [1.29, 1.82) is 0 Å². The zero-order chi connectivity index (χ0) is 17.1. The highest BCUT2D eigenvalue weighted by molar-refractivity contribution is 6.04. The first-order chi connectivity index (χ1) is 11.5. The van der Waals surface area contributed by atoms with Crippen molar-refractivity contribution in [2.45, 2.75) is 25.7 Å². The van der Waals surface area contributed by atoms with Gasteiger partial charge in [-0.05, 0) is 45.0 Å². The molecular weight excluding hydrogens is 306 g/mol. The number of nitrogens with one attached hydrogen (secondary N) is 2. The highest BCUT2D eigenvalue weighted by atomic mass is 16.2. The molecular formula is C17H21N5O2. The molecule has 0 atom stereocenters. The molecule has 1 aromatic heterocycles. The van der Waals surface area contributed by atoms with Crippen molar-refractivity contribution in [2.24, 2.45) is 7.05 Å². The summed E-state index contributed by atoms with van der Waals surface area (Å²) in [4.78, 5) is 28.1. The maximum atomic E-state index is 12.3. The molecule has 7 heteroatoms. The molecule has 1 aromatic carbocycles. The molecule has 2 heterocycles. The fourth-order valence-corrected chi connectivity index (χ4v) is 2.80. The zero-order valence-electron chi connectivity index (χ0n) is 13.9. The summed E-state index contributed by atoms with van der Waals surface area (Å²) in [7, 11) is 1.77. The van der Waals surface area contributed by atoms with E-state index in [0.717, 1.165) is 31.8 Å². The van der Waals surface area contributed by atoms with Crippen molar-refractivity contribution < 1.29 is 9.59 Å². The number of aryl methyl sites for hydroxylation is 1. The Morgan fingerprint density at radius 2 is 1.79 bits per heavy atom. The maximum Gasteiger partial charge on any atom is 0.258 e. The number of rotatable bonds is 4. The summed E-state index contributed by atoms with van der Waals surface area (Å²) in [6, 6.07) is 6.56. The van der Waals surface area contributed by atoms with Crippen molar-refractivity contribution in [1.82, 2.24) is 20.1 Å². The molecule has 0 spiro atoms. The predicted molar refractivity (Wildman–Crippen MR) is 90.2 cm³/mol. The molecule has 2 N–H and O–H groups in total. The van der Waals surface area contributed by atoms with Gasteiger partial charge in [-0.3, -0.25) is 14.9 Å². The second kappa shape index (κ2) is 6.92. The summed E-state index contributed by atoms with van der Waals surface area (Å²) in [5.74, 6) is 1.25. The van der Waals surface area contributed by atoms with Gasteiger partial charge in [0.1, 0.15) is 0 Å². The molecule has 7 nitrogen and oxygen atoms in total. The predicted octanol–water partition coefficient (Wildman–Crippen LogP) is 1.74. The highest BCUT2D eigenvalue weighted by Gasteiger charge is 2.21. The van der Waals surface area contributed by atoms with Crippen LogP contribution in [0.15, 0.2) is 24.3 Å². The van der Waals surface area contributed by atoms with Gasteiger partial charge in [0, 0.05) is 24.1 Å². The Labute approximate surface area is 140 Å². The zero-order valence-corrected chi connectivity index (χ0v) is 13.9. The first-order valence-corrected chi connectivity index (χ1v) is 8.08. The van der Waals surface area contributed by atoms with Crippen LogP contribution < -0.4 is 10.6 Å². The lowest BCUT2D eigenvalue weighted by Crippen LogP contribution is -2.27. The standard InChI is InChI=1S/C17H21N5O2/c1-11(23)12-3-5-14(6-4-12)16(24)20-17-19-15(21-22(17)2)13-7-9-18-10-8-13/h3-6,13,18H,7-10H2,1-2H3,(H,19,20,21,24). The summed E-state index contributed by atoms with van der Waals surface area (Å²) in [5, 5.41) is 10.5. The number of Topliss-reactive ketones (excluding diaryl/α,β-unsaturated/α-hetero) is 1. The molecule has 0 radical (unpaired) electrons. The minimum Gasteiger partial charge on any atom is -0.317 e. The average Bonchev–Trinajstić information content (AvgIpc) is 2.96. The van der Waals surface area contributed by atoms with Crippen molar-refractivity contribution in [3.05, 3.63) is 41.2 Å². The molecule has 0 bridgehead atoms. The van der Waals surface area contributed by atoms with Crippen LogP contribution in [0.2, 0.25) is 0 Å². The number of piperidine rings is 1. The van der Waals surface area contributed by atoms with Crippen LogP contribution in [0.3, 0.4) is 0 Å². The van der Waals surface area contributed by atoms with Crippen molar-refractivity contribution in [3.63, 3.8) is 0 Å². The number of amides is 1. The minimum absolute atomic E-state index is 0.0260. The van der Waals surface area contributed by atoms with Crippen LogP contribution in [-0.4, -0.2) is 39.5 Å². The summed E-state index contributed by atoms with van der Waals surface area (Å²) < 4.78 is 1.60. The van der Waals surface area contributed by atoms with Crippen LogP contribution in [0.25, 0.3) is 0 Å². The van der Waals surface area contributed by atoms with Crippen molar-refractivity contribution >= 4 is 17.6 Å². The Kier molecular flexibility index (Phi) is 4.71. The molecule has 0 saturated carbocycles. The SMILES string of the molecule is CC(=O)c1ccc(C(=O)Nc2nc(C3CCNCC3)nn2C)cc1. The van der Waals surface area contributed by atoms with E-state index in [2.05, 4.69) is 20.7 Å². The largest absolute Gasteiger partial charge is 0.317 e. The third-order valence-electron chi connectivity index (χ3n) is 4.26. The molecule has 1 aliphatic heterocycles. The lowest BCUT2D eigenvalue weighted by atomic mass is 9.98. The van der Waals surface area contributed by atoms with E-state index in [4.69, 9.17) is 0 Å². The Morgan fingerprint density at radius 1 is 1.17 bits per heavy atom. The van der Waals surface area contributed by atoms with E-state index in [1.165, 1.54) is 6.92 Å².